The molecule has 0 saturated heterocycles. The number of ether oxygens (including phenoxy) is 1. The summed E-state index contributed by atoms with van der Waals surface area (Å²) in [5.41, 5.74) is 6.30. The van der Waals surface area contributed by atoms with Crippen molar-refractivity contribution >= 4 is 11.6 Å². The number of hydrogen-bond donors (Lipinski definition) is 1. The van der Waals surface area contributed by atoms with Gasteiger partial charge in [0.25, 0.3) is 5.91 Å². The van der Waals surface area contributed by atoms with E-state index < -0.39 is 0 Å². The minimum atomic E-state index is 0.0103. The quantitative estimate of drug-likeness (QED) is 0.732. The third-order valence-corrected chi connectivity index (χ3v) is 2.88. The van der Waals surface area contributed by atoms with E-state index >= 15 is 0 Å². The van der Waals surface area contributed by atoms with Gasteiger partial charge >= 0.3 is 0 Å². The second-order valence-electron chi connectivity index (χ2n) is 5.05. The fourth-order valence-corrected chi connectivity index (χ4v) is 1.79. The Kier molecular flexibility index (Phi) is 6.87. The lowest BCUT2D eigenvalue weighted by atomic mass is 10.3. The first-order valence-corrected chi connectivity index (χ1v) is 6.93. The zero-order valence-corrected chi connectivity index (χ0v) is 12.6. The molecule has 0 spiro atoms. The molecule has 0 saturated carbocycles. The van der Waals surface area contributed by atoms with Gasteiger partial charge in [-0.05, 0) is 32.6 Å². The minimum absolute atomic E-state index is 0.0103. The molecule has 0 aliphatic heterocycles. The number of amides is 1. The van der Waals surface area contributed by atoms with Crippen molar-refractivity contribution in [3.8, 4) is 5.75 Å². The monoisotopic (exact) mass is 279 g/mol. The van der Waals surface area contributed by atoms with Crippen LogP contribution in [0.3, 0.4) is 0 Å². The molecule has 0 atom stereocenters. The Labute approximate surface area is 121 Å². The van der Waals surface area contributed by atoms with Gasteiger partial charge in [0, 0.05) is 31.4 Å². The predicted octanol–water partition coefficient (Wildman–Crippen LogP) is 1.45. The van der Waals surface area contributed by atoms with Gasteiger partial charge in [-0.3, -0.25) is 4.79 Å². The molecule has 0 heterocycles. The molecule has 20 heavy (non-hydrogen) atoms. The van der Waals surface area contributed by atoms with Crippen LogP contribution in [0.1, 0.15) is 13.3 Å². The molecule has 1 rings (SSSR count). The van der Waals surface area contributed by atoms with Gasteiger partial charge in [0.15, 0.2) is 6.61 Å². The van der Waals surface area contributed by atoms with Gasteiger partial charge in [0.05, 0.1) is 0 Å². The average Bonchev–Trinajstić information content (AvgIpc) is 2.40. The Bertz CT molecular complexity index is 421. The largest absolute Gasteiger partial charge is 0.484 e. The smallest absolute Gasteiger partial charge is 0.260 e. The molecule has 5 nitrogen and oxygen atoms in total. The van der Waals surface area contributed by atoms with Crippen molar-refractivity contribution in [1.82, 2.24) is 9.80 Å². The first-order valence-electron chi connectivity index (χ1n) is 6.93. The number of nitrogen functional groups attached to an aromatic ring is 1. The summed E-state index contributed by atoms with van der Waals surface area (Å²) in [6, 6.07) is 7.12. The summed E-state index contributed by atoms with van der Waals surface area (Å²) >= 11 is 0. The van der Waals surface area contributed by atoms with Crippen LogP contribution in [0.4, 0.5) is 5.69 Å². The number of rotatable bonds is 8. The molecule has 1 amide bonds. The van der Waals surface area contributed by atoms with E-state index in [-0.39, 0.29) is 12.5 Å². The van der Waals surface area contributed by atoms with Gasteiger partial charge in [-0.25, -0.2) is 0 Å². The summed E-state index contributed by atoms with van der Waals surface area (Å²) < 4.78 is 5.50. The maximum Gasteiger partial charge on any atom is 0.260 e. The van der Waals surface area contributed by atoms with Crippen molar-refractivity contribution in [2.75, 3.05) is 46.1 Å². The maximum absolute atomic E-state index is 12.2. The number of nitrogens with zero attached hydrogens (tertiary/aromatic N) is 2. The standard InChI is InChI=1S/C15H25N3O2/c1-4-8-18(10-9-17(2)3)15(19)12-20-14-7-5-6-13(16)11-14/h5-7,11H,4,8-10,12,16H2,1-3H3. The van der Waals surface area contributed by atoms with E-state index in [1.54, 1.807) is 18.2 Å². The first kappa shape index (κ1) is 16.3. The summed E-state index contributed by atoms with van der Waals surface area (Å²) in [7, 11) is 4.00. The summed E-state index contributed by atoms with van der Waals surface area (Å²) in [6.07, 6.45) is 0.942. The lowest BCUT2D eigenvalue weighted by Gasteiger charge is -2.24. The third-order valence-electron chi connectivity index (χ3n) is 2.88. The second kappa shape index (κ2) is 8.43. The van der Waals surface area contributed by atoms with Crippen molar-refractivity contribution in [2.45, 2.75) is 13.3 Å². The molecule has 2 N–H and O–H groups in total. The topological polar surface area (TPSA) is 58.8 Å². The van der Waals surface area contributed by atoms with Gasteiger partial charge in [0.2, 0.25) is 0 Å². The van der Waals surface area contributed by atoms with Gasteiger partial charge in [-0.1, -0.05) is 13.0 Å². The first-order chi connectivity index (χ1) is 9.52. The number of carbonyl (C=O) groups is 1. The molecule has 1 aromatic carbocycles. The van der Waals surface area contributed by atoms with E-state index in [0.29, 0.717) is 11.4 Å². The normalized spacial score (nSPS) is 10.6. The highest BCUT2D eigenvalue weighted by Crippen LogP contribution is 2.14. The zero-order valence-electron chi connectivity index (χ0n) is 12.6. The fourth-order valence-electron chi connectivity index (χ4n) is 1.79. The number of carbonyl (C=O) groups excluding carboxylic acids is 1. The van der Waals surface area contributed by atoms with E-state index in [1.807, 2.05) is 25.1 Å². The van der Waals surface area contributed by atoms with Crippen LogP contribution < -0.4 is 10.5 Å². The van der Waals surface area contributed by atoms with Crippen LogP contribution in [0.25, 0.3) is 0 Å². The van der Waals surface area contributed by atoms with E-state index in [1.165, 1.54) is 0 Å². The van der Waals surface area contributed by atoms with Crippen LogP contribution in [0.15, 0.2) is 24.3 Å². The maximum atomic E-state index is 12.2. The Morgan fingerprint density at radius 3 is 2.60 bits per heavy atom. The number of nitrogens with two attached hydrogens (primary N) is 1. The van der Waals surface area contributed by atoms with E-state index in [9.17, 15) is 4.79 Å². The van der Waals surface area contributed by atoms with Crippen molar-refractivity contribution in [3.05, 3.63) is 24.3 Å². The van der Waals surface area contributed by atoms with E-state index in [2.05, 4.69) is 11.8 Å². The molecule has 112 valence electrons. The van der Waals surface area contributed by atoms with E-state index in [0.717, 1.165) is 26.1 Å². The van der Waals surface area contributed by atoms with E-state index in [4.69, 9.17) is 10.5 Å². The highest BCUT2D eigenvalue weighted by molar-refractivity contribution is 5.77. The molecule has 0 aromatic heterocycles. The number of hydrogen-bond acceptors (Lipinski definition) is 4. The number of anilines is 1. The average molecular weight is 279 g/mol. The zero-order chi connectivity index (χ0) is 15.0. The molecular formula is C15H25N3O2. The molecule has 1 aromatic rings. The van der Waals surface area contributed by atoms with Crippen LogP contribution in [-0.2, 0) is 4.79 Å². The van der Waals surface area contributed by atoms with Gasteiger partial charge < -0.3 is 20.3 Å². The van der Waals surface area contributed by atoms with Crippen LogP contribution in [0, 0.1) is 0 Å². The lowest BCUT2D eigenvalue weighted by Crippen LogP contribution is -2.39. The number of likely N-dealkylation sites (N-methyl/N-ethyl adjacent to an activating group) is 1. The highest BCUT2D eigenvalue weighted by atomic mass is 16.5. The number of benzene rings is 1. The van der Waals surface area contributed by atoms with Crippen LogP contribution in [-0.4, -0.2) is 56.0 Å². The van der Waals surface area contributed by atoms with Crippen molar-refractivity contribution in [1.29, 1.82) is 0 Å². The molecule has 0 bridgehead atoms. The Morgan fingerprint density at radius 1 is 1.25 bits per heavy atom. The van der Waals surface area contributed by atoms with Gasteiger partial charge in [-0.2, -0.15) is 0 Å². The van der Waals surface area contributed by atoms with Crippen LogP contribution in [0.2, 0.25) is 0 Å². The second-order valence-corrected chi connectivity index (χ2v) is 5.05. The Morgan fingerprint density at radius 2 is 2.00 bits per heavy atom. The Hall–Kier alpha value is -1.75. The van der Waals surface area contributed by atoms with Crippen LogP contribution in [0.5, 0.6) is 5.75 Å². The van der Waals surface area contributed by atoms with Crippen molar-refractivity contribution < 1.29 is 9.53 Å². The molecule has 0 aliphatic carbocycles. The molecule has 0 unspecified atom stereocenters. The summed E-state index contributed by atoms with van der Waals surface area (Å²) in [6.45, 7) is 4.45. The SMILES string of the molecule is CCCN(CCN(C)C)C(=O)COc1cccc(N)c1. The molecule has 0 radical (unpaired) electrons. The molecule has 5 heteroatoms. The molecular weight excluding hydrogens is 254 g/mol. The van der Waals surface area contributed by atoms with Gasteiger partial charge in [0.1, 0.15) is 5.75 Å². The molecule has 0 fully saturated rings. The van der Waals surface area contributed by atoms with Crippen molar-refractivity contribution in [3.63, 3.8) is 0 Å². The minimum Gasteiger partial charge on any atom is -0.484 e. The summed E-state index contributed by atoms with van der Waals surface area (Å²) in [4.78, 5) is 16.1. The lowest BCUT2D eigenvalue weighted by molar-refractivity contribution is -0.133. The third kappa shape index (κ3) is 5.93. The van der Waals surface area contributed by atoms with Crippen LogP contribution >= 0.6 is 0 Å². The Balaban J connectivity index is 2.48. The summed E-state index contributed by atoms with van der Waals surface area (Å²) in [5.74, 6) is 0.638. The fraction of sp³-hybridized carbons (Fsp3) is 0.533. The van der Waals surface area contributed by atoms with Gasteiger partial charge in [-0.15, -0.1) is 0 Å². The predicted molar refractivity (Wildman–Crippen MR) is 81.8 cm³/mol. The molecule has 0 aliphatic rings. The highest BCUT2D eigenvalue weighted by Gasteiger charge is 2.13. The summed E-state index contributed by atoms with van der Waals surface area (Å²) in [5, 5.41) is 0. The van der Waals surface area contributed by atoms with Crippen molar-refractivity contribution in [2.24, 2.45) is 0 Å².